The van der Waals surface area contributed by atoms with Crippen LogP contribution in [0.1, 0.15) is 87.0 Å². The van der Waals surface area contributed by atoms with Gasteiger partial charge in [0.05, 0.1) is 41.3 Å². The second-order valence-corrected chi connectivity index (χ2v) is 20.4. The first-order valence-corrected chi connectivity index (χ1v) is 27.1. The molecule has 0 bridgehead atoms. The molecule has 4 aromatic carbocycles. The van der Waals surface area contributed by atoms with Crippen LogP contribution in [0.15, 0.2) is 127 Å². The van der Waals surface area contributed by atoms with Crippen LogP contribution in [0, 0.1) is 0 Å². The van der Waals surface area contributed by atoms with E-state index in [1.807, 2.05) is 31.2 Å². The van der Waals surface area contributed by atoms with Crippen molar-refractivity contribution < 1.29 is 75.4 Å². The fourth-order valence-electron chi connectivity index (χ4n) is 7.36. The van der Waals surface area contributed by atoms with Crippen molar-refractivity contribution in [2.24, 2.45) is 20.6 Å². The van der Waals surface area contributed by atoms with Crippen LogP contribution in [0.5, 0.6) is 11.5 Å². The Balaban J connectivity index is 0.000000277. The summed E-state index contributed by atoms with van der Waals surface area (Å²) in [6.07, 6.45) is 12.0. The van der Waals surface area contributed by atoms with Gasteiger partial charge in [-0.3, -0.25) is 9.59 Å². The molecule has 2 atom stereocenters. The summed E-state index contributed by atoms with van der Waals surface area (Å²) in [4.78, 5) is 54.1. The van der Waals surface area contributed by atoms with Crippen molar-refractivity contribution in [3.63, 3.8) is 0 Å². The number of carbonyl (C=O) groups is 3. The van der Waals surface area contributed by atoms with Gasteiger partial charge in [-0.1, -0.05) is 44.9 Å². The third-order valence-electron chi connectivity index (χ3n) is 11.2. The summed E-state index contributed by atoms with van der Waals surface area (Å²) in [6, 6.07) is 24.4. The Morgan fingerprint density at radius 3 is 1.17 bits per heavy atom. The van der Waals surface area contributed by atoms with Gasteiger partial charge < -0.3 is 44.1 Å². The minimum atomic E-state index is -3.89. The summed E-state index contributed by atoms with van der Waals surface area (Å²) in [6.45, 7) is 4.17. The molecule has 0 amide bonds. The second-order valence-electron chi connectivity index (χ2n) is 16.7. The lowest BCUT2D eigenvalue weighted by Crippen LogP contribution is -2.40. The van der Waals surface area contributed by atoms with Crippen LogP contribution in [0.4, 0.5) is 0 Å². The molecule has 2 saturated heterocycles. The van der Waals surface area contributed by atoms with Crippen LogP contribution in [-0.2, 0) is 53.8 Å². The first-order valence-electron chi connectivity index (χ1n) is 24.2. The van der Waals surface area contributed by atoms with Crippen LogP contribution in [0.25, 0.3) is 0 Å². The molecular formula is C51H62N6O16S2. The van der Waals surface area contributed by atoms with Crippen molar-refractivity contribution >= 4 is 62.8 Å². The van der Waals surface area contributed by atoms with Gasteiger partial charge in [-0.25, -0.2) is 21.6 Å². The maximum Gasteiger partial charge on any atom is 0.341 e. The van der Waals surface area contributed by atoms with Crippen molar-refractivity contribution in [3.05, 3.63) is 119 Å². The number of nitrogens with zero attached hydrogens (tertiary/aromatic N) is 6. The van der Waals surface area contributed by atoms with E-state index in [1.54, 1.807) is 54.7 Å². The highest BCUT2D eigenvalue weighted by atomic mass is 32.2. The van der Waals surface area contributed by atoms with E-state index in [1.165, 1.54) is 42.9 Å². The molecule has 2 heterocycles. The molecule has 0 aromatic heterocycles. The highest BCUT2D eigenvalue weighted by Gasteiger charge is 2.40. The molecule has 0 radical (unpaired) electrons. The molecule has 6 rings (SSSR count). The minimum Gasteiger partial charge on any atom is -0.494 e. The number of sulfonamides is 2. The number of rotatable bonds is 30. The van der Waals surface area contributed by atoms with Gasteiger partial charge in [-0.05, 0) is 153 Å². The number of carboxylic acids is 3. The first kappa shape index (κ1) is 58.5. The maximum atomic E-state index is 12.8. The fraction of sp³-hybridized carbons (Fsp3) is 0.392. The Morgan fingerprint density at radius 2 is 0.840 bits per heavy atom. The van der Waals surface area contributed by atoms with E-state index in [4.69, 9.17) is 33.9 Å². The molecule has 0 spiro atoms. The van der Waals surface area contributed by atoms with Gasteiger partial charge in [0.2, 0.25) is 20.0 Å². The summed E-state index contributed by atoms with van der Waals surface area (Å²) in [5.41, 5.74) is 3.01. The van der Waals surface area contributed by atoms with E-state index in [2.05, 4.69) is 20.6 Å². The highest BCUT2D eigenvalue weighted by Crippen LogP contribution is 2.28. The predicted molar refractivity (Wildman–Crippen MR) is 276 cm³/mol. The van der Waals surface area contributed by atoms with Gasteiger partial charge in [-0.15, -0.1) is 0 Å². The van der Waals surface area contributed by atoms with Gasteiger partial charge >= 0.3 is 17.9 Å². The number of oxime groups is 4. The summed E-state index contributed by atoms with van der Waals surface area (Å²) >= 11 is 0. The van der Waals surface area contributed by atoms with Crippen LogP contribution in [-0.4, -0.2) is 148 Å². The second kappa shape index (κ2) is 30.7. The van der Waals surface area contributed by atoms with Crippen LogP contribution in [0.2, 0.25) is 0 Å². The van der Waals surface area contributed by atoms with E-state index < -0.39 is 56.6 Å². The van der Waals surface area contributed by atoms with Crippen molar-refractivity contribution in [2.45, 2.75) is 86.6 Å². The van der Waals surface area contributed by atoms with Crippen molar-refractivity contribution in [2.75, 3.05) is 52.7 Å². The van der Waals surface area contributed by atoms with Crippen molar-refractivity contribution in [1.29, 1.82) is 0 Å². The molecule has 0 aliphatic carbocycles. The predicted octanol–water partition coefficient (Wildman–Crippen LogP) is 6.46. The summed E-state index contributed by atoms with van der Waals surface area (Å²) in [5.74, 6) is -2.04. The molecule has 404 valence electrons. The molecule has 24 heteroatoms. The molecule has 2 unspecified atom stereocenters. The van der Waals surface area contributed by atoms with Crippen molar-refractivity contribution in [1.82, 2.24) is 8.61 Å². The molecular weight excluding hydrogens is 1020 g/mol. The molecule has 3 N–H and O–H groups in total. The Morgan fingerprint density at radius 1 is 0.507 bits per heavy atom. The maximum absolute atomic E-state index is 12.8. The Labute approximate surface area is 435 Å². The number of benzene rings is 4. The highest BCUT2D eigenvalue weighted by molar-refractivity contribution is 7.89. The number of ether oxygens (including phenoxy) is 2. The molecule has 22 nitrogen and oxygen atoms in total. The molecule has 4 aromatic rings. The number of carboxylic acid groups (broad SMARTS) is 3. The molecule has 0 saturated carbocycles. The Bertz CT molecular complexity index is 2760. The van der Waals surface area contributed by atoms with Gasteiger partial charge in [-0.2, -0.15) is 8.61 Å². The van der Waals surface area contributed by atoms with E-state index in [-0.39, 0.29) is 29.5 Å². The molecule has 75 heavy (non-hydrogen) atoms. The summed E-state index contributed by atoms with van der Waals surface area (Å²) in [7, 11) is -7.74. The lowest BCUT2D eigenvalue weighted by atomic mass is 10.2. The molecule has 2 aliphatic heterocycles. The average Bonchev–Trinajstić information content (AvgIpc) is 4.13. The van der Waals surface area contributed by atoms with Crippen LogP contribution < -0.4 is 9.47 Å². The smallest absolute Gasteiger partial charge is 0.341 e. The van der Waals surface area contributed by atoms with E-state index in [9.17, 15) is 41.4 Å². The zero-order valence-corrected chi connectivity index (χ0v) is 43.0. The normalized spacial score (nSPS) is 16.3. The number of hydrogen-bond acceptors (Lipinski definition) is 17. The number of hydrogen-bond donors (Lipinski definition) is 3. The Kier molecular flexibility index (Phi) is 23.9. The van der Waals surface area contributed by atoms with Gasteiger partial charge in [0.1, 0.15) is 50.0 Å². The first-order chi connectivity index (χ1) is 36.2. The number of aliphatic carboxylic acids is 3. The zero-order chi connectivity index (χ0) is 53.9. The monoisotopic (exact) mass is 1080 g/mol. The van der Waals surface area contributed by atoms with E-state index >= 15 is 0 Å². The third-order valence-corrected chi connectivity index (χ3v) is 15.0. The lowest BCUT2D eigenvalue weighted by Gasteiger charge is -2.20. The topological polar surface area (TPSA) is 291 Å². The Hall–Kier alpha value is -7.41. The van der Waals surface area contributed by atoms with Gasteiger partial charge in [0.25, 0.3) is 0 Å². The minimum absolute atomic E-state index is 0.0267. The molecule has 2 aliphatic rings. The van der Waals surface area contributed by atoms with E-state index in [0.29, 0.717) is 75.4 Å². The third kappa shape index (κ3) is 19.4. The summed E-state index contributed by atoms with van der Waals surface area (Å²) in [5, 5.41) is 42.7. The number of unbranched alkanes of at least 4 members (excludes halogenated alkanes) is 3. The van der Waals surface area contributed by atoms with E-state index in [0.717, 1.165) is 51.2 Å². The fourth-order valence-corrected chi connectivity index (χ4v) is 10.7. The van der Waals surface area contributed by atoms with Crippen LogP contribution in [0.3, 0.4) is 0 Å². The largest absolute Gasteiger partial charge is 0.494 e. The quantitative estimate of drug-likeness (QED) is 0.0287. The lowest BCUT2D eigenvalue weighted by molar-refractivity contribution is -0.141. The summed E-state index contributed by atoms with van der Waals surface area (Å²) < 4.78 is 63.7. The standard InChI is InChI=1S/C27H35N3O7S.C24H27N3O9S/c1-2-35-24-13-9-22(10-14-24)20-28-36-18-5-3-4-6-19-37-29-21-23-11-15-25(16-12-23)38(33,34)30-17-7-8-26(30)27(31)32;28-23(29)17-34-20-8-4-18(5-9-20)15-25-35-13-2-14-36-26-16-19-6-10-21(11-7-19)37(32,33)27-12-1-3-22(27)24(30)31/h9-16,20-21,26H,2-8,17-19H2,1H3,(H,31,32);4-11,15-16,22H,1-3,12-14,17H2,(H,28,29)(H,30,31)/b28-20-,29-21+;25-15+,26-16+. The SMILES string of the molecule is CCOc1ccc(/C=N\OCCCCCCO/N=C/c2ccc(S(=O)(=O)N3CCCC3C(=O)O)cc2)cc1.O=C(O)COc1ccc(/C=N/OCCCO/N=C/c2ccc(S(=O)(=O)N3CCCC3C(=O)O)cc2)cc1. The van der Waals surface area contributed by atoms with Gasteiger partial charge in [0.15, 0.2) is 6.61 Å². The zero-order valence-electron chi connectivity index (χ0n) is 41.4. The van der Waals surface area contributed by atoms with Gasteiger partial charge in [0, 0.05) is 19.5 Å². The molecule has 2 fully saturated rings. The van der Waals surface area contributed by atoms with Crippen molar-refractivity contribution in [3.8, 4) is 11.5 Å². The average molecular weight is 1080 g/mol. The van der Waals surface area contributed by atoms with Crippen LogP contribution >= 0.6 is 0 Å².